The quantitative estimate of drug-likeness (QED) is 0.592. The number of carbonyl (C=O) groups excluding carboxylic acids is 3. The van der Waals surface area contributed by atoms with E-state index < -0.39 is 10.0 Å². The van der Waals surface area contributed by atoms with Crippen molar-refractivity contribution in [2.45, 2.75) is 36.4 Å². The predicted octanol–water partition coefficient (Wildman–Crippen LogP) is 2.44. The van der Waals surface area contributed by atoms with Crippen LogP contribution in [0.15, 0.2) is 46.0 Å². The molecule has 0 unspecified atom stereocenters. The molecule has 0 atom stereocenters. The minimum Gasteiger partial charge on any atom is -0.326 e. The van der Waals surface area contributed by atoms with E-state index >= 15 is 0 Å². The number of anilines is 1. The number of likely N-dealkylation sites (tertiary alicyclic amines) is 1. The summed E-state index contributed by atoms with van der Waals surface area (Å²) in [6.45, 7) is 0.474. The zero-order chi connectivity index (χ0) is 21.7. The van der Waals surface area contributed by atoms with E-state index in [0.29, 0.717) is 12.1 Å². The summed E-state index contributed by atoms with van der Waals surface area (Å²) in [6.07, 6.45) is 1.10. The SMILES string of the molecule is CN(CCCC(=O)Nc1ccc(CN2C(=O)CCC2=O)cc1)S(=O)(=O)c1cccs1. The van der Waals surface area contributed by atoms with Crippen LogP contribution in [0.1, 0.15) is 31.2 Å². The number of rotatable bonds is 9. The van der Waals surface area contributed by atoms with Crippen molar-refractivity contribution in [2.24, 2.45) is 0 Å². The Bertz CT molecular complexity index is 1000. The molecule has 1 saturated heterocycles. The number of sulfonamides is 1. The summed E-state index contributed by atoms with van der Waals surface area (Å²) >= 11 is 1.16. The maximum atomic E-state index is 12.3. The first-order valence-corrected chi connectivity index (χ1v) is 11.8. The third-order valence-electron chi connectivity index (χ3n) is 4.77. The maximum Gasteiger partial charge on any atom is 0.252 e. The molecule has 1 aromatic carbocycles. The van der Waals surface area contributed by atoms with Crippen LogP contribution < -0.4 is 5.32 Å². The van der Waals surface area contributed by atoms with Gasteiger partial charge in [0.2, 0.25) is 17.7 Å². The van der Waals surface area contributed by atoms with Gasteiger partial charge in [0.25, 0.3) is 10.0 Å². The summed E-state index contributed by atoms with van der Waals surface area (Å²) in [5, 5.41) is 4.48. The molecule has 3 amide bonds. The van der Waals surface area contributed by atoms with Gasteiger partial charge in [0.05, 0.1) is 6.54 Å². The van der Waals surface area contributed by atoms with E-state index in [1.165, 1.54) is 16.3 Å². The number of amides is 3. The fourth-order valence-corrected chi connectivity index (χ4v) is 5.46. The molecule has 1 fully saturated rings. The average Bonchev–Trinajstić information content (AvgIpc) is 3.36. The summed E-state index contributed by atoms with van der Waals surface area (Å²) in [7, 11) is -2.01. The van der Waals surface area contributed by atoms with Gasteiger partial charge in [0.15, 0.2) is 0 Å². The molecule has 8 nitrogen and oxygen atoms in total. The van der Waals surface area contributed by atoms with Crippen LogP contribution in [-0.2, 0) is 31.0 Å². The van der Waals surface area contributed by atoms with Crippen molar-refractivity contribution in [3.8, 4) is 0 Å². The van der Waals surface area contributed by atoms with E-state index in [2.05, 4.69) is 5.32 Å². The van der Waals surface area contributed by atoms with Crippen molar-refractivity contribution in [1.29, 1.82) is 0 Å². The Morgan fingerprint density at radius 2 is 1.80 bits per heavy atom. The first kappa shape index (κ1) is 22.1. The van der Waals surface area contributed by atoms with Crippen molar-refractivity contribution in [2.75, 3.05) is 18.9 Å². The second-order valence-electron chi connectivity index (χ2n) is 6.98. The van der Waals surface area contributed by atoms with Crippen LogP contribution in [0.2, 0.25) is 0 Å². The van der Waals surface area contributed by atoms with E-state index in [4.69, 9.17) is 0 Å². The summed E-state index contributed by atoms with van der Waals surface area (Å²) in [5.41, 5.74) is 1.40. The minimum atomic E-state index is -3.51. The molecule has 0 radical (unpaired) electrons. The van der Waals surface area contributed by atoms with Crippen LogP contribution in [0.4, 0.5) is 5.69 Å². The molecule has 1 aromatic heterocycles. The van der Waals surface area contributed by atoms with Crippen LogP contribution in [-0.4, -0.2) is 48.9 Å². The molecule has 1 aliphatic heterocycles. The lowest BCUT2D eigenvalue weighted by Gasteiger charge is -2.16. The molecule has 3 rings (SSSR count). The Hall–Kier alpha value is -2.56. The molecule has 1 aliphatic rings. The molecule has 0 aliphatic carbocycles. The van der Waals surface area contributed by atoms with Gasteiger partial charge in [-0.15, -0.1) is 11.3 Å². The number of hydrogen-bond acceptors (Lipinski definition) is 6. The summed E-state index contributed by atoms with van der Waals surface area (Å²) in [6, 6.07) is 10.2. The highest BCUT2D eigenvalue weighted by molar-refractivity contribution is 7.91. The Morgan fingerprint density at radius 1 is 1.13 bits per heavy atom. The lowest BCUT2D eigenvalue weighted by molar-refractivity contribution is -0.139. The first-order chi connectivity index (χ1) is 14.3. The molecule has 0 spiro atoms. The fraction of sp³-hybridized carbons (Fsp3) is 0.350. The Labute approximate surface area is 179 Å². The third kappa shape index (κ3) is 5.32. The van der Waals surface area contributed by atoms with E-state index in [0.717, 1.165) is 16.9 Å². The Balaban J connectivity index is 1.45. The van der Waals surface area contributed by atoms with Crippen LogP contribution in [0.3, 0.4) is 0 Å². The smallest absolute Gasteiger partial charge is 0.252 e. The number of imide groups is 1. The van der Waals surface area contributed by atoms with Crippen LogP contribution in [0.5, 0.6) is 0 Å². The number of nitrogens with zero attached hydrogens (tertiary/aromatic N) is 2. The molecule has 10 heteroatoms. The normalized spacial score (nSPS) is 14.5. The van der Waals surface area contributed by atoms with Gasteiger partial charge in [-0.2, -0.15) is 0 Å². The Kier molecular flexibility index (Phi) is 7.01. The maximum absolute atomic E-state index is 12.3. The van der Waals surface area contributed by atoms with Crippen molar-refractivity contribution in [3.63, 3.8) is 0 Å². The summed E-state index contributed by atoms with van der Waals surface area (Å²) < 4.78 is 26.2. The summed E-state index contributed by atoms with van der Waals surface area (Å²) in [4.78, 5) is 36.8. The first-order valence-electron chi connectivity index (χ1n) is 9.49. The lowest BCUT2D eigenvalue weighted by atomic mass is 10.2. The molecule has 2 heterocycles. The van der Waals surface area contributed by atoms with Gasteiger partial charge in [-0.25, -0.2) is 12.7 Å². The van der Waals surface area contributed by atoms with E-state index in [-0.39, 0.29) is 54.3 Å². The number of carbonyl (C=O) groups is 3. The second-order valence-corrected chi connectivity index (χ2v) is 10.2. The zero-order valence-corrected chi connectivity index (χ0v) is 18.2. The van der Waals surface area contributed by atoms with E-state index in [9.17, 15) is 22.8 Å². The number of benzene rings is 1. The highest BCUT2D eigenvalue weighted by Crippen LogP contribution is 2.20. The Morgan fingerprint density at radius 3 is 2.40 bits per heavy atom. The van der Waals surface area contributed by atoms with Crippen molar-refractivity contribution in [3.05, 3.63) is 47.3 Å². The molecule has 0 bridgehead atoms. The number of nitrogens with one attached hydrogen (secondary N) is 1. The number of thiophene rings is 1. The van der Waals surface area contributed by atoms with Crippen LogP contribution in [0.25, 0.3) is 0 Å². The largest absolute Gasteiger partial charge is 0.326 e. The molecule has 1 N–H and O–H groups in total. The van der Waals surface area contributed by atoms with Crippen molar-refractivity contribution >= 4 is 44.8 Å². The highest BCUT2D eigenvalue weighted by atomic mass is 32.2. The molecule has 30 heavy (non-hydrogen) atoms. The van der Waals surface area contributed by atoms with E-state index in [1.807, 2.05) is 0 Å². The van der Waals surface area contributed by atoms with Gasteiger partial charge in [-0.3, -0.25) is 19.3 Å². The minimum absolute atomic E-state index is 0.163. The molecular weight excluding hydrogens is 426 g/mol. The zero-order valence-electron chi connectivity index (χ0n) is 16.5. The fourth-order valence-electron chi connectivity index (χ4n) is 3.05. The highest BCUT2D eigenvalue weighted by Gasteiger charge is 2.28. The van der Waals surface area contributed by atoms with Crippen LogP contribution >= 0.6 is 11.3 Å². The van der Waals surface area contributed by atoms with Crippen LogP contribution in [0, 0.1) is 0 Å². The molecule has 0 saturated carbocycles. The molecule has 160 valence electrons. The van der Waals surface area contributed by atoms with Gasteiger partial charge in [-0.1, -0.05) is 18.2 Å². The van der Waals surface area contributed by atoms with Gasteiger partial charge in [-0.05, 0) is 35.6 Å². The molecular formula is C20H23N3O5S2. The van der Waals surface area contributed by atoms with Gasteiger partial charge < -0.3 is 5.32 Å². The third-order valence-corrected chi connectivity index (χ3v) is 8.00. The standard InChI is InChI=1S/C20H23N3O5S2/c1-22(30(27,28)20-5-3-13-29-20)12-2-4-17(24)21-16-8-6-15(7-9-16)14-23-18(25)10-11-19(23)26/h3,5-9,13H,2,4,10-12,14H2,1H3,(H,21,24). The second kappa shape index (κ2) is 9.50. The summed E-state index contributed by atoms with van der Waals surface area (Å²) in [5.74, 6) is -0.540. The van der Waals surface area contributed by atoms with E-state index in [1.54, 1.807) is 41.8 Å². The van der Waals surface area contributed by atoms with Gasteiger partial charge >= 0.3 is 0 Å². The van der Waals surface area contributed by atoms with Gasteiger partial charge in [0.1, 0.15) is 4.21 Å². The average molecular weight is 450 g/mol. The lowest BCUT2D eigenvalue weighted by Crippen LogP contribution is -2.28. The number of hydrogen-bond donors (Lipinski definition) is 1. The monoisotopic (exact) mass is 449 g/mol. The molecule has 2 aromatic rings. The van der Waals surface area contributed by atoms with Crippen molar-refractivity contribution in [1.82, 2.24) is 9.21 Å². The topological polar surface area (TPSA) is 104 Å². The van der Waals surface area contributed by atoms with Gasteiger partial charge in [0, 0.05) is 38.5 Å². The van der Waals surface area contributed by atoms with Crippen molar-refractivity contribution < 1.29 is 22.8 Å². The predicted molar refractivity (Wildman–Crippen MR) is 113 cm³/mol.